The Morgan fingerprint density at radius 3 is 2.81 bits per heavy atom. The molecule has 0 fully saturated rings. The molecule has 0 spiro atoms. The summed E-state index contributed by atoms with van der Waals surface area (Å²) in [4.78, 5) is 11.6. The van der Waals surface area contributed by atoms with E-state index in [-0.39, 0.29) is 5.97 Å². The number of hydrogen-bond donors (Lipinski definition) is 1. The summed E-state index contributed by atoms with van der Waals surface area (Å²) in [6.07, 6.45) is 1.70. The van der Waals surface area contributed by atoms with Gasteiger partial charge in [-0.25, -0.2) is 10.6 Å². The van der Waals surface area contributed by atoms with Crippen LogP contribution < -0.4 is 10.9 Å². The highest BCUT2D eigenvalue weighted by Crippen LogP contribution is 2.21. The molecule has 86 valence electrons. The van der Waals surface area contributed by atoms with Crippen molar-refractivity contribution in [3.63, 3.8) is 0 Å². The average Bonchev–Trinajstić information content (AvgIpc) is 2.28. The fourth-order valence-corrected chi connectivity index (χ4v) is 1.35. The molecule has 0 saturated carbocycles. The van der Waals surface area contributed by atoms with Crippen molar-refractivity contribution in [3.05, 3.63) is 35.9 Å². The van der Waals surface area contributed by atoms with Crippen LogP contribution in [-0.4, -0.2) is 19.6 Å². The SMILES string of the molecule is C=Cc1ccc(C(=O)OCC)c(N(C)N)c1. The summed E-state index contributed by atoms with van der Waals surface area (Å²) in [6.45, 7) is 5.78. The minimum atomic E-state index is -0.370. The second kappa shape index (κ2) is 5.32. The molecule has 1 rings (SSSR count). The van der Waals surface area contributed by atoms with Crippen LogP contribution in [0.15, 0.2) is 24.8 Å². The number of benzene rings is 1. The molecule has 4 heteroatoms. The van der Waals surface area contributed by atoms with Gasteiger partial charge in [-0.3, -0.25) is 0 Å². The molecule has 0 unspecified atom stereocenters. The van der Waals surface area contributed by atoms with E-state index in [1.165, 1.54) is 5.01 Å². The van der Waals surface area contributed by atoms with Gasteiger partial charge in [0, 0.05) is 7.05 Å². The number of carbonyl (C=O) groups is 1. The van der Waals surface area contributed by atoms with Crippen molar-refractivity contribution in [2.24, 2.45) is 5.84 Å². The Kier molecular flexibility index (Phi) is 4.08. The molecule has 0 aliphatic carbocycles. The first-order valence-electron chi connectivity index (χ1n) is 5.02. The highest BCUT2D eigenvalue weighted by molar-refractivity contribution is 5.96. The summed E-state index contributed by atoms with van der Waals surface area (Å²) in [5, 5.41) is 1.39. The molecule has 1 aromatic carbocycles. The van der Waals surface area contributed by atoms with E-state index >= 15 is 0 Å². The molecule has 0 aromatic heterocycles. The van der Waals surface area contributed by atoms with Crippen molar-refractivity contribution in [1.29, 1.82) is 0 Å². The molecule has 0 amide bonds. The average molecular weight is 220 g/mol. The summed E-state index contributed by atoms with van der Waals surface area (Å²) in [5.41, 5.74) is 1.98. The van der Waals surface area contributed by atoms with Gasteiger partial charge in [0.1, 0.15) is 0 Å². The number of nitrogens with two attached hydrogens (primary N) is 1. The number of hydrazine groups is 1. The Labute approximate surface area is 95.3 Å². The van der Waals surface area contributed by atoms with Crippen LogP contribution in [0.5, 0.6) is 0 Å². The molecule has 0 aliphatic heterocycles. The third kappa shape index (κ3) is 2.61. The van der Waals surface area contributed by atoms with Gasteiger partial charge < -0.3 is 9.75 Å². The van der Waals surface area contributed by atoms with E-state index in [1.54, 1.807) is 38.2 Å². The van der Waals surface area contributed by atoms with Gasteiger partial charge in [-0.05, 0) is 24.6 Å². The molecular weight excluding hydrogens is 204 g/mol. The minimum absolute atomic E-state index is 0.343. The molecule has 2 N–H and O–H groups in total. The second-order valence-corrected chi connectivity index (χ2v) is 3.31. The Bertz CT molecular complexity index is 400. The van der Waals surface area contributed by atoms with E-state index in [1.807, 2.05) is 0 Å². The fourth-order valence-electron chi connectivity index (χ4n) is 1.35. The predicted molar refractivity (Wildman–Crippen MR) is 65.1 cm³/mol. The van der Waals surface area contributed by atoms with E-state index < -0.39 is 0 Å². The molecule has 4 nitrogen and oxygen atoms in total. The number of anilines is 1. The van der Waals surface area contributed by atoms with Crippen molar-refractivity contribution in [3.8, 4) is 0 Å². The standard InChI is InChI=1S/C12H16N2O2/c1-4-9-6-7-10(12(15)16-5-2)11(8-9)14(3)13/h4,6-8H,1,5,13H2,2-3H3. The third-order valence-corrected chi connectivity index (χ3v) is 2.13. The van der Waals surface area contributed by atoms with Crippen molar-refractivity contribution in [2.75, 3.05) is 18.7 Å². The van der Waals surface area contributed by atoms with Crippen molar-refractivity contribution in [2.45, 2.75) is 6.92 Å². The zero-order chi connectivity index (χ0) is 12.1. The highest BCUT2D eigenvalue weighted by Gasteiger charge is 2.14. The molecule has 0 heterocycles. The predicted octanol–water partition coefficient (Wildman–Crippen LogP) is 1.82. The van der Waals surface area contributed by atoms with Crippen molar-refractivity contribution >= 4 is 17.7 Å². The van der Waals surface area contributed by atoms with Gasteiger partial charge in [-0.15, -0.1) is 0 Å². The maximum absolute atomic E-state index is 11.6. The topological polar surface area (TPSA) is 55.6 Å². The Morgan fingerprint density at radius 2 is 2.31 bits per heavy atom. The number of rotatable bonds is 4. The molecule has 0 radical (unpaired) electrons. The Hall–Kier alpha value is -1.81. The zero-order valence-electron chi connectivity index (χ0n) is 9.56. The van der Waals surface area contributed by atoms with Gasteiger partial charge in [0.15, 0.2) is 0 Å². The van der Waals surface area contributed by atoms with Gasteiger partial charge in [0.25, 0.3) is 0 Å². The number of esters is 1. The van der Waals surface area contributed by atoms with Gasteiger partial charge in [0.2, 0.25) is 0 Å². The number of hydrogen-bond acceptors (Lipinski definition) is 4. The Morgan fingerprint density at radius 1 is 1.62 bits per heavy atom. The minimum Gasteiger partial charge on any atom is -0.462 e. The summed E-state index contributed by atoms with van der Waals surface area (Å²) in [6, 6.07) is 5.28. The van der Waals surface area contributed by atoms with Gasteiger partial charge in [0.05, 0.1) is 17.9 Å². The summed E-state index contributed by atoms with van der Waals surface area (Å²) in [7, 11) is 1.67. The third-order valence-electron chi connectivity index (χ3n) is 2.13. The lowest BCUT2D eigenvalue weighted by Crippen LogP contribution is -2.27. The quantitative estimate of drug-likeness (QED) is 0.477. The van der Waals surface area contributed by atoms with Crippen molar-refractivity contribution < 1.29 is 9.53 Å². The van der Waals surface area contributed by atoms with Gasteiger partial charge in [-0.2, -0.15) is 0 Å². The van der Waals surface area contributed by atoms with Gasteiger partial charge >= 0.3 is 5.97 Å². The molecule has 0 saturated heterocycles. The maximum Gasteiger partial charge on any atom is 0.340 e. The normalized spacial score (nSPS) is 9.69. The summed E-state index contributed by atoms with van der Waals surface area (Å²) < 4.78 is 4.95. The molecule has 1 aromatic rings. The van der Waals surface area contributed by atoms with Crippen LogP contribution in [0.1, 0.15) is 22.8 Å². The van der Waals surface area contributed by atoms with Crippen LogP contribution in [0.4, 0.5) is 5.69 Å². The lowest BCUT2D eigenvalue weighted by molar-refractivity contribution is 0.0527. The van der Waals surface area contributed by atoms with Crippen LogP contribution in [0.25, 0.3) is 6.08 Å². The maximum atomic E-state index is 11.6. The number of carbonyl (C=O) groups excluding carboxylic acids is 1. The largest absolute Gasteiger partial charge is 0.462 e. The van der Waals surface area contributed by atoms with E-state index in [4.69, 9.17) is 10.6 Å². The second-order valence-electron chi connectivity index (χ2n) is 3.31. The lowest BCUT2D eigenvalue weighted by atomic mass is 10.1. The number of ether oxygens (including phenoxy) is 1. The van der Waals surface area contributed by atoms with Crippen LogP contribution in [0, 0.1) is 0 Å². The zero-order valence-corrected chi connectivity index (χ0v) is 9.56. The van der Waals surface area contributed by atoms with Crippen LogP contribution in [-0.2, 0) is 4.74 Å². The monoisotopic (exact) mass is 220 g/mol. The summed E-state index contributed by atoms with van der Waals surface area (Å²) in [5.74, 6) is 5.29. The first kappa shape index (κ1) is 12.3. The molecule has 16 heavy (non-hydrogen) atoms. The van der Waals surface area contributed by atoms with Crippen molar-refractivity contribution in [1.82, 2.24) is 0 Å². The van der Waals surface area contributed by atoms with E-state index in [9.17, 15) is 4.79 Å². The van der Waals surface area contributed by atoms with E-state index in [0.717, 1.165) is 5.56 Å². The first-order chi connectivity index (χ1) is 7.60. The molecular formula is C12H16N2O2. The molecule has 0 bridgehead atoms. The lowest BCUT2D eigenvalue weighted by Gasteiger charge is -2.16. The van der Waals surface area contributed by atoms with Crippen LogP contribution >= 0.6 is 0 Å². The van der Waals surface area contributed by atoms with E-state index in [2.05, 4.69) is 6.58 Å². The van der Waals surface area contributed by atoms with Gasteiger partial charge in [-0.1, -0.05) is 18.7 Å². The van der Waals surface area contributed by atoms with Crippen LogP contribution in [0.3, 0.4) is 0 Å². The Balaban J connectivity index is 3.17. The fraction of sp³-hybridized carbons (Fsp3) is 0.250. The molecule has 0 atom stereocenters. The summed E-state index contributed by atoms with van der Waals surface area (Å²) >= 11 is 0. The highest BCUT2D eigenvalue weighted by atomic mass is 16.5. The molecule has 0 aliphatic rings. The van der Waals surface area contributed by atoms with E-state index in [0.29, 0.717) is 17.9 Å². The number of nitrogens with zero attached hydrogens (tertiary/aromatic N) is 1. The van der Waals surface area contributed by atoms with Crippen LogP contribution in [0.2, 0.25) is 0 Å². The first-order valence-corrected chi connectivity index (χ1v) is 5.02. The smallest absolute Gasteiger partial charge is 0.340 e.